The third kappa shape index (κ3) is 1.91. The van der Waals surface area contributed by atoms with Crippen LogP contribution in [-0.4, -0.2) is 5.11 Å². The molecule has 0 fully saturated rings. The van der Waals surface area contributed by atoms with Gasteiger partial charge >= 0.3 is 0 Å². The molecule has 0 aliphatic carbocycles. The van der Waals surface area contributed by atoms with Crippen molar-refractivity contribution in [3.8, 4) is 5.75 Å². The molecule has 1 aromatic rings. The van der Waals surface area contributed by atoms with Gasteiger partial charge in [0.2, 0.25) is 0 Å². The average Bonchev–Trinajstić information content (AvgIpc) is 1.82. The summed E-state index contributed by atoms with van der Waals surface area (Å²) in [6, 6.07) is 2.97. The van der Waals surface area contributed by atoms with Crippen molar-refractivity contribution in [2.45, 2.75) is 13.0 Å². The summed E-state index contributed by atoms with van der Waals surface area (Å²) in [7, 11) is 0. The molecule has 0 saturated heterocycles. The Morgan fingerprint density at radius 2 is 2.17 bits per heavy atom. The number of aromatic hydroxyl groups is 1. The van der Waals surface area contributed by atoms with E-state index in [1.54, 1.807) is 13.0 Å². The lowest BCUT2D eigenvalue weighted by atomic mass is 10.1. The van der Waals surface area contributed by atoms with Crippen LogP contribution < -0.4 is 5.73 Å². The van der Waals surface area contributed by atoms with Crippen LogP contribution in [0.4, 0.5) is 0 Å². The molecule has 1 rings (SSSR count). The first kappa shape index (κ1) is 9.84. The van der Waals surface area contributed by atoms with Gasteiger partial charge in [0.25, 0.3) is 0 Å². The molecule has 4 heteroatoms. The van der Waals surface area contributed by atoms with Crippen LogP contribution in [0.25, 0.3) is 0 Å². The van der Waals surface area contributed by atoms with E-state index in [9.17, 15) is 5.11 Å². The van der Waals surface area contributed by atoms with E-state index in [0.29, 0.717) is 10.6 Å². The number of benzene rings is 1. The Kier molecular flexibility index (Phi) is 2.99. The standard InChI is InChI=1S/C8H9BrClNO/c1-4(11)8-6(9)2-5(10)3-7(8)12/h2-4,12H,11H2,1H3. The molecule has 1 atom stereocenters. The van der Waals surface area contributed by atoms with Crippen molar-refractivity contribution in [3.05, 3.63) is 27.2 Å². The number of halogens is 2. The van der Waals surface area contributed by atoms with Gasteiger partial charge in [0.15, 0.2) is 0 Å². The Labute approximate surface area is 84.5 Å². The lowest BCUT2D eigenvalue weighted by Crippen LogP contribution is -2.05. The zero-order chi connectivity index (χ0) is 9.30. The fraction of sp³-hybridized carbons (Fsp3) is 0.250. The molecule has 1 unspecified atom stereocenters. The van der Waals surface area contributed by atoms with E-state index in [0.717, 1.165) is 4.47 Å². The Bertz CT molecular complexity index is 278. The second kappa shape index (κ2) is 3.64. The molecule has 0 bridgehead atoms. The molecule has 0 heterocycles. The average molecular weight is 251 g/mol. The largest absolute Gasteiger partial charge is 0.508 e. The molecular formula is C8H9BrClNO. The van der Waals surface area contributed by atoms with E-state index >= 15 is 0 Å². The van der Waals surface area contributed by atoms with Crippen LogP contribution in [0.1, 0.15) is 18.5 Å². The Balaban J connectivity index is 3.28. The molecule has 0 amide bonds. The second-order valence-corrected chi connectivity index (χ2v) is 3.90. The van der Waals surface area contributed by atoms with Crippen molar-refractivity contribution in [1.82, 2.24) is 0 Å². The van der Waals surface area contributed by atoms with Crippen molar-refractivity contribution in [3.63, 3.8) is 0 Å². The summed E-state index contributed by atoms with van der Waals surface area (Å²) in [6.07, 6.45) is 0. The smallest absolute Gasteiger partial charge is 0.122 e. The van der Waals surface area contributed by atoms with Crippen molar-refractivity contribution in [2.24, 2.45) is 5.73 Å². The number of hydrogen-bond acceptors (Lipinski definition) is 2. The van der Waals surface area contributed by atoms with E-state index in [4.69, 9.17) is 17.3 Å². The lowest BCUT2D eigenvalue weighted by molar-refractivity contribution is 0.463. The summed E-state index contributed by atoms with van der Waals surface area (Å²) in [6.45, 7) is 1.80. The van der Waals surface area contributed by atoms with Gasteiger partial charge in [-0.2, -0.15) is 0 Å². The highest BCUT2D eigenvalue weighted by Crippen LogP contribution is 2.33. The molecule has 0 aliphatic rings. The number of nitrogens with two attached hydrogens (primary N) is 1. The first-order chi connectivity index (χ1) is 5.52. The van der Waals surface area contributed by atoms with Crippen molar-refractivity contribution >= 4 is 27.5 Å². The van der Waals surface area contributed by atoms with E-state index < -0.39 is 0 Å². The Hall–Kier alpha value is -0.250. The highest BCUT2D eigenvalue weighted by atomic mass is 79.9. The van der Waals surface area contributed by atoms with Crippen LogP contribution in [0.3, 0.4) is 0 Å². The maximum atomic E-state index is 9.45. The molecule has 2 nitrogen and oxygen atoms in total. The monoisotopic (exact) mass is 249 g/mol. The van der Waals surface area contributed by atoms with E-state index in [-0.39, 0.29) is 11.8 Å². The maximum absolute atomic E-state index is 9.45. The van der Waals surface area contributed by atoms with Gasteiger partial charge in [0.1, 0.15) is 5.75 Å². The fourth-order valence-electron chi connectivity index (χ4n) is 1.02. The minimum Gasteiger partial charge on any atom is -0.508 e. The highest BCUT2D eigenvalue weighted by Gasteiger charge is 2.11. The highest BCUT2D eigenvalue weighted by molar-refractivity contribution is 9.10. The molecule has 0 saturated carbocycles. The van der Waals surface area contributed by atoms with Crippen LogP contribution in [-0.2, 0) is 0 Å². The van der Waals surface area contributed by atoms with Crippen molar-refractivity contribution in [1.29, 1.82) is 0 Å². The first-order valence-electron chi connectivity index (χ1n) is 3.46. The van der Waals surface area contributed by atoms with Crippen LogP contribution in [0.15, 0.2) is 16.6 Å². The van der Waals surface area contributed by atoms with Crippen LogP contribution in [0.2, 0.25) is 5.02 Å². The van der Waals surface area contributed by atoms with Crippen LogP contribution >= 0.6 is 27.5 Å². The molecule has 1 aromatic carbocycles. The maximum Gasteiger partial charge on any atom is 0.122 e. The van der Waals surface area contributed by atoms with Gasteiger partial charge in [-0.3, -0.25) is 0 Å². The number of hydrogen-bond donors (Lipinski definition) is 2. The molecule has 3 N–H and O–H groups in total. The summed E-state index contributed by atoms with van der Waals surface area (Å²) >= 11 is 8.97. The molecule has 12 heavy (non-hydrogen) atoms. The SMILES string of the molecule is CC(N)c1c(O)cc(Cl)cc1Br. The predicted molar refractivity (Wildman–Crippen MR) is 53.4 cm³/mol. The number of phenols is 1. The molecule has 66 valence electrons. The van der Waals surface area contributed by atoms with E-state index in [1.807, 2.05) is 0 Å². The van der Waals surface area contributed by atoms with E-state index in [2.05, 4.69) is 15.9 Å². The minimum absolute atomic E-state index is 0.129. The lowest BCUT2D eigenvalue weighted by Gasteiger charge is -2.10. The summed E-state index contributed by atoms with van der Waals surface area (Å²) in [5.74, 6) is 0.129. The fourth-order valence-corrected chi connectivity index (χ4v) is 2.18. The normalized spacial score (nSPS) is 13.0. The molecule has 0 aliphatic heterocycles. The van der Waals surface area contributed by atoms with Gasteiger partial charge in [0.05, 0.1) is 0 Å². The van der Waals surface area contributed by atoms with Gasteiger partial charge in [-0.05, 0) is 19.1 Å². The third-order valence-corrected chi connectivity index (χ3v) is 2.40. The van der Waals surface area contributed by atoms with Crippen LogP contribution in [0.5, 0.6) is 5.75 Å². The second-order valence-electron chi connectivity index (χ2n) is 2.61. The molecule has 0 aromatic heterocycles. The third-order valence-electron chi connectivity index (χ3n) is 1.53. The number of rotatable bonds is 1. The summed E-state index contributed by atoms with van der Waals surface area (Å²) in [5.41, 5.74) is 6.31. The summed E-state index contributed by atoms with van der Waals surface area (Å²) in [4.78, 5) is 0. The minimum atomic E-state index is -0.211. The molecule has 0 radical (unpaired) electrons. The Morgan fingerprint density at radius 1 is 1.58 bits per heavy atom. The van der Waals surface area contributed by atoms with E-state index in [1.165, 1.54) is 6.07 Å². The molecule has 0 spiro atoms. The zero-order valence-electron chi connectivity index (χ0n) is 6.51. The van der Waals surface area contributed by atoms with Gasteiger partial charge in [-0.1, -0.05) is 27.5 Å². The van der Waals surface area contributed by atoms with Crippen molar-refractivity contribution < 1.29 is 5.11 Å². The zero-order valence-corrected chi connectivity index (χ0v) is 8.85. The first-order valence-corrected chi connectivity index (χ1v) is 4.63. The quantitative estimate of drug-likeness (QED) is 0.805. The topological polar surface area (TPSA) is 46.2 Å². The van der Waals surface area contributed by atoms with Gasteiger partial charge in [-0.15, -0.1) is 0 Å². The van der Waals surface area contributed by atoms with Gasteiger partial charge < -0.3 is 10.8 Å². The Morgan fingerprint density at radius 3 is 2.58 bits per heavy atom. The van der Waals surface area contributed by atoms with Gasteiger partial charge in [-0.25, -0.2) is 0 Å². The molecular weight excluding hydrogens is 241 g/mol. The number of phenolic OH excluding ortho intramolecular Hbond substituents is 1. The van der Waals surface area contributed by atoms with Crippen molar-refractivity contribution in [2.75, 3.05) is 0 Å². The summed E-state index contributed by atoms with van der Waals surface area (Å²) < 4.78 is 0.738. The summed E-state index contributed by atoms with van der Waals surface area (Å²) in [5, 5.41) is 9.94. The predicted octanol–water partition coefficient (Wildman–Crippen LogP) is 2.83. The van der Waals surface area contributed by atoms with Gasteiger partial charge in [0, 0.05) is 21.1 Å². The van der Waals surface area contributed by atoms with Crippen LogP contribution in [0, 0.1) is 0 Å².